The van der Waals surface area contributed by atoms with E-state index < -0.39 is 17.5 Å². The largest absolute Gasteiger partial charge is 0.493 e. The van der Waals surface area contributed by atoms with E-state index in [4.69, 9.17) is 9.47 Å². The Morgan fingerprint density at radius 2 is 1.78 bits per heavy atom. The topological polar surface area (TPSA) is 90.7 Å². The minimum atomic E-state index is -0.823. The smallest absolute Gasteiger partial charge is 0.262 e. The van der Waals surface area contributed by atoms with Crippen LogP contribution in [0, 0.1) is 10.1 Å². The van der Waals surface area contributed by atoms with Crippen molar-refractivity contribution >= 4 is 17.2 Å². The number of benzene rings is 1. The fourth-order valence-corrected chi connectivity index (χ4v) is 5.34. The van der Waals surface area contributed by atoms with Crippen LogP contribution in [0.25, 0.3) is 0 Å². The normalized spacial score (nSPS) is 18.2. The van der Waals surface area contributed by atoms with E-state index in [0.717, 1.165) is 21.6 Å². The van der Waals surface area contributed by atoms with Crippen molar-refractivity contribution in [3.63, 3.8) is 0 Å². The second kappa shape index (κ2) is 9.10. The third-order valence-corrected chi connectivity index (χ3v) is 7.17. The van der Waals surface area contributed by atoms with Crippen LogP contribution in [0.3, 0.4) is 0 Å². The van der Waals surface area contributed by atoms with Gasteiger partial charge in [-0.25, -0.2) is 0 Å². The lowest BCUT2D eigenvalue weighted by Gasteiger charge is -2.30. The van der Waals surface area contributed by atoms with Crippen molar-refractivity contribution < 1.29 is 19.2 Å². The van der Waals surface area contributed by atoms with Gasteiger partial charge in [0.2, 0.25) is 6.04 Å². The Bertz CT molecular complexity index is 1020. The van der Waals surface area contributed by atoms with E-state index in [0.29, 0.717) is 29.2 Å². The van der Waals surface area contributed by atoms with Gasteiger partial charge in [-0.2, -0.15) is 0 Å². The summed E-state index contributed by atoms with van der Waals surface area (Å²) >= 11 is 1.43. The molecule has 2 atom stereocenters. The van der Waals surface area contributed by atoms with Crippen LogP contribution in [-0.4, -0.2) is 36.6 Å². The summed E-state index contributed by atoms with van der Waals surface area (Å²) in [5.74, 6) is 0.596. The summed E-state index contributed by atoms with van der Waals surface area (Å²) in [4.78, 5) is 26.8. The van der Waals surface area contributed by atoms with Gasteiger partial charge in [-0.15, -0.1) is 11.3 Å². The lowest BCUT2D eigenvalue weighted by molar-refractivity contribution is -0.526. The summed E-state index contributed by atoms with van der Waals surface area (Å²) in [5.41, 5.74) is 2.12. The highest BCUT2D eigenvalue weighted by molar-refractivity contribution is 7.14. The molecule has 1 heterocycles. The number of carbonyl (C=O) groups excluding carboxylic acids is 1. The van der Waals surface area contributed by atoms with Crippen molar-refractivity contribution in [2.24, 2.45) is 0 Å². The summed E-state index contributed by atoms with van der Waals surface area (Å²) < 4.78 is 10.9. The lowest BCUT2D eigenvalue weighted by Crippen LogP contribution is -2.41. The van der Waals surface area contributed by atoms with Crippen LogP contribution in [-0.2, 0) is 6.42 Å². The van der Waals surface area contributed by atoms with Gasteiger partial charge < -0.3 is 14.8 Å². The van der Waals surface area contributed by atoms with Crippen LogP contribution in [0.1, 0.15) is 84.1 Å². The summed E-state index contributed by atoms with van der Waals surface area (Å²) in [6.45, 7) is 9.90. The SMILES string of the molecule is COc1cc2c(cc1OC)[C@H](c1cc(C(C)C)sc1C(=O)NC(C)(C)C)[C@@H]([N+](=O)[O-])CC2. The van der Waals surface area contributed by atoms with Gasteiger partial charge in [-0.05, 0) is 68.0 Å². The molecule has 0 saturated carbocycles. The maximum atomic E-state index is 13.3. The number of nitrogens with zero attached hydrogens (tertiary/aromatic N) is 1. The number of hydrogen-bond donors (Lipinski definition) is 1. The third-order valence-electron chi connectivity index (χ3n) is 5.72. The highest BCUT2D eigenvalue weighted by atomic mass is 32.1. The number of hydrogen-bond acceptors (Lipinski definition) is 6. The maximum absolute atomic E-state index is 13.3. The Hall–Kier alpha value is -2.61. The van der Waals surface area contributed by atoms with Crippen molar-refractivity contribution in [3.05, 3.63) is 54.8 Å². The van der Waals surface area contributed by atoms with Gasteiger partial charge in [0, 0.05) is 21.8 Å². The van der Waals surface area contributed by atoms with Crippen LogP contribution in [0.2, 0.25) is 0 Å². The molecular formula is C24H32N2O5S. The lowest BCUT2D eigenvalue weighted by atomic mass is 9.75. The Morgan fingerprint density at radius 3 is 2.31 bits per heavy atom. The molecule has 0 aliphatic heterocycles. The Labute approximate surface area is 193 Å². The van der Waals surface area contributed by atoms with Gasteiger partial charge in [-0.1, -0.05) is 13.8 Å². The van der Waals surface area contributed by atoms with E-state index in [2.05, 4.69) is 19.2 Å². The molecule has 3 rings (SSSR count). The number of ether oxygens (including phenoxy) is 2. The molecule has 0 bridgehead atoms. The molecular weight excluding hydrogens is 428 g/mol. The number of methoxy groups -OCH3 is 2. The van der Waals surface area contributed by atoms with Crippen molar-refractivity contribution in [3.8, 4) is 11.5 Å². The molecule has 174 valence electrons. The van der Waals surface area contributed by atoms with Gasteiger partial charge >= 0.3 is 0 Å². The molecule has 8 heteroatoms. The van der Waals surface area contributed by atoms with Crippen molar-refractivity contribution in [1.29, 1.82) is 0 Å². The van der Waals surface area contributed by atoms with Crippen LogP contribution >= 0.6 is 11.3 Å². The fourth-order valence-electron chi connectivity index (χ4n) is 4.24. The molecule has 0 unspecified atom stereocenters. The van der Waals surface area contributed by atoms with E-state index >= 15 is 0 Å². The van der Waals surface area contributed by atoms with Crippen LogP contribution in [0.5, 0.6) is 11.5 Å². The monoisotopic (exact) mass is 460 g/mol. The zero-order valence-electron chi connectivity index (χ0n) is 19.8. The molecule has 1 aliphatic carbocycles. The quantitative estimate of drug-likeness (QED) is 0.476. The second-order valence-electron chi connectivity index (χ2n) is 9.57. The van der Waals surface area contributed by atoms with Gasteiger partial charge in [0.25, 0.3) is 5.91 Å². The fraction of sp³-hybridized carbons (Fsp3) is 0.542. The number of rotatable bonds is 6. The standard InChI is InChI=1S/C24H32N2O5S/c1-13(2)20-12-16(22(32-20)23(27)25-24(3,4)5)21-15-11-19(31-7)18(30-6)10-14(15)8-9-17(21)26(28)29/h10-13,17,21H,8-9H2,1-7H3,(H,25,27)/t17-,21+/m0/s1. The molecule has 1 aromatic heterocycles. The molecule has 1 N–H and O–H groups in total. The van der Waals surface area contributed by atoms with Gasteiger partial charge in [-0.3, -0.25) is 14.9 Å². The second-order valence-corrected chi connectivity index (χ2v) is 10.7. The number of nitro groups is 1. The molecule has 1 aliphatic rings. The average Bonchev–Trinajstić information content (AvgIpc) is 3.16. The first-order chi connectivity index (χ1) is 15.0. The maximum Gasteiger partial charge on any atom is 0.262 e. The van der Waals surface area contributed by atoms with E-state index in [9.17, 15) is 14.9 Å². The molecule has 0 saturated heterocycles. The van der Waals surface area contributed by atoms with E-state index in [1.807, 2.05) is 39.0 Å². The van der Waals surface area contributed by atoms with Crippen LogP contribution in [0.15, 0.2) is 18.2 Å². The van der Waals surface area contributed by atoms with E-state index in [-0.39, 0.29) is 16.7 Å². The zero-order valence-corrected chi connectivity index (χ0v) is 20.6. The molecule has 2 aromatic rings. The molecule has 1 amide bonds. The van der Waals surface area contributed by atoms with E-state index in [1.54, 1.807) is 14.2 Å². The van der Waals surface area contributed by atoms with Crippen molar-refractivity contribution in [2.45, 2.75) is 70.9 Å². The summed E-state index contributed by atoms with van der Waals surface area (Å²) in [6.07, 6.45) is 0.968. The molecule has 32 heavy (non-hydrogen) atoms. The predicted molar refractivity (Wildman–Crippen MR) is 126 cm³/mol. The number of aryl methyl sites for hydroxylation is 1. The summed E-state index contributed by atoms with van der Waals surface area (Å²) in [7, 11) is 3.13. The number of thiophene rings is 1. The van der Waals surface area contributed by atoms with Crippen LogP contribution < -0.4 is 14.8 Å². The van der Waals surface area contributed by atoms with Crippen molar-refractivity contribution in [2.75, 3.05) is 14.2 Å². The summed E-state index contributed by atoms with van der Waals surface area (Å²) in [6, 6.07) is 4.91. The highest BCUT2D eigenvalue weighted by Gasteiger charge is 2.42. The first-order valence-electron chi connectivity index (χ1n) is 10.8. The molecule has 1 aromatic carbocycles. The summed E-state index contributed by atoms with van der Waals surface area (Å²) in [5, 5.41) is 15.2. The van der Waals surface area contributed by atoms with Crippen molar-refractivity contribution in [1.82, 2.24) is 5.32 Å². The minimum absolute atomic E-state index is 0.195. The first-order valence-corrected chi connectivity index (χ1v) is 11.6. The highest BCUT2D eigenvalue weighted by Crippen LogP contribution is 2.46. The molecule has 0 fully saturated rings. The predicted octanol–water partition coefficient (Wildman–Crippen LogP) is 5.14. The Balaban J connectivity index is 2.24. The number of amides is 1. The van der Waals surface area contributed by atoms with E-state index in [1.165, 1.54) is 11.3 Å². The Morgan fingerprint density at radius 1 is 1.16 bits per heavy atom. The number of fused-ring (bicyclic) bond motifs is 1. The minimum Gasteiger partial charge on any atom is -0.493 e. The number of nitrogens with one attached hydrogen (secondary N) is 1. The molecule has 7 nitrogen and oxygen atoms in total. The average molecular weight is 461 g/mol. The third kappa shape index (κ3) is 4.75. The first kappa shape index (κ1) is 24.0. The molecule has 0 radical (unpaired) electrons. The van der Waals surface area contributed by atoms with Crippen LogP contribution in [0.4, 0.5) is 0 Å². The van der Waals surface area contributed by atoms with Gasteiger partial charge in [0.15, 0.2) is 11.5 Å². The van der Waals surface area contributed by atoms with Gasteiger partial charge in [0.05, 0.1) is 25.0 Å². The molecule has 0 spiro atoms. The Kier molecular flexibility index (Phi) is 6.83. The number of carbonyl (C=O) groups is 1. The van der Waals surface area contributed by atoms with Gasteiger partial charge in [0.1, 0.15) is 0 Å². The zero-order chi connectivity index (χ0) is 23.8.